The van der Waals surface area contributed by atoms with Crippen molar-refractivity contribution in [3.05, 3.63) is 11.9 Å². The van der Waals surface area contributed by atoms with Gasteiger partial charge in [-0.3, -0.25) is 4.68 Å². The second-order valence-corrected chi connectivity index (χ2v) is 2.92. The first-order chi connectivity index (χ1) is 6.24. The van der Waals surface area contributed by atoms with Gasteiger partial charge >= 0.3 is 0 Å². The summed E-state index contributed by atoms with van der Waals surface area (Å²) in [6, 6.07) is 0.261. The van der Waals surface area contributed by atoms with Crippen LogP contribution in [0.2, 0.25) is 0 Å². The SMILES string of the molecule is CCn1ncc(OC)c1C(C)NC. The maximum Gasteiger partial charge on any atom is 0.161 e. The molecule has 1 aromatic rings. The van der Waals surface area contributed by atoms with Gasteiger partial charge < -0.3 is 10.1 Å². The van der Waals surface area contributed by atoms with Crippen LogP contribution in [0.3, 0.4) is 0 Å². The number of ether oxygens (including phenoxy) is 1. The monoisotopic (exact) mass is 183 g/mol. The van der Waals surface area contributed by atoms with Crippen molar-refractivity contribution in [2.45, 2.75) is 26.4 Å². The van der Waals surface area contributed by atoms with E-state index in [4.69, 9.17) is 4.74 Å². The number of aryl methyl sites for hydroxylation is 1. The highest BCUT2D eigenvalue weighted by molar-refractivity contribution is 5.27. The Morgan fingerprint density at radius 3 is 2.85 bits per heavy atom. The average molecular weight is 183 g/mol. The molecule has 1 N–H and O–H groups in total. The molecule has 1 aromatic heterocycles. The molecule has 4 heteroatoms. The van der Waals surface area contributed by atoms with Gasteiger partial charge in [0.2, 0.25) is 0 Å². The highest BCUT2D eigenvalue weighted by Crippen LogP contribution is 2.23. The Morgan fingerprint density at radius 1 is 1.69 bits per heavy atom. The number of rotatable bonds is 4. The third-order valence-corrected chi connectivity index (χ3v) is 2.21. The van der Waals surface area contributed by atoms with E-state index in [-0.39, 0.29) is 6.04 Å². The molecule has 0 amide bonds. The molecule has 0 fully saturated rings. The zero-order valence-corrected chi connectivity index (χ0v) is 8.66. The van der Waals surface area contributed by atoms with E-state index in [0.29, 0.717) is 0 Å². The first kappa shape index (κ1) is 10.1. The van der Waals surface area contributed by atoms with Crippen molar-refractivity contribution in [1.82, 2.24) is 15.1 Å². The summed E-state index contributed by atoms with van der Waals surface area (Å²) in [4.78, 5) is 0. The van der Waals surface area contributed by atoms with Crippen LogP contribution in [0.25, 0.3) is 0 Å². The van der Waals surface area contributed by atoms with E-state index in [1.165, 1.54) is 0 Å². The van der Waals surface area contributed by atoms with Gasteiger partial charge in [0.05, 0.1) is 19.0 Å². The fourth-order valence-corrected chi connectivity index (χ4v) is 1.36. The second kappa shape index (κ2) is 4.28. The van der Waals surface area contributed by atoms with Crippen molar-refractivity contribution in [2.75, 3.05) is 14.2 Å². The summed E-state index contributed by atoms with van der Waals surface area (Å²) in [6.45, 7) is 5.02. The first-order valence-electron chi connectivity index (χ1n) is 4.51. The number of nitrogens with one attached hydrogen (secondary N) is 1. The Labute approximate surface area is 78.9 Å². The highest BCUT2D eigenvalue weighted by Gasteiger charge is 2.15. The van der Waals surface area contributed by atoms with Crippen LogP contribution < -0.4 is 10.1 Å². The summed E-state index contributed by atoms with van der Waals surface area (Å²) in [7, 11) is 3.60. The molecule has 0 spiro atoms. The number of aromatic nitrogens is 2. The normalized spacial score (nSPS) is 12.9. The molecular weight excluding hydrogens is 166 g/mol. The van der Waals surface area contributed by atoms with Gasteiger partial charge in [0.25, 0.3) is 0 Å². The lowest BCUT2D eigenvalue weighted by Gasteiger charge is -2.13. The molecule has 1 atom stereocenters. The Kier molecular flexibility index (Phi) is 3.31. The van der Waals surface area contributed by atoms with Crippen LogP contribution in [0.1, 0.15) is 25.6 Å². The number of hydrogen-bond donors (Lipinski definition) is 1. The van der Waals surface area contributed by atoms with E-state index < -0.39 is 0 Å². The van der Waals surface area contributed by atoms with E-state index in [0.717, 1.165) is 18.0 Å². The van der Waals surface area contributed by atoms with E-state index in [9.17, 15) is 0 Å². The minimum atomic E-state index is 0.261. The molecule has 74 valence electrons. The lowest BCUT2D eigenvalue weighted by atomic mass is 10.2. The van der Waals surface area contributed by atoms with Crippen LogP contribution in [-0.2, 0) is 6.54 Å². The van der Waals surface area contributed by atoms with Gasteiger partial charge in [0.15, 0.2) is 5.75 Å². The van der Waals surface area contributed by atoms with Gasteiger partial charge in [0.1, 0.15) is 0 Å². The van der Waals surface area contributed by atoms with Gasteiger partial charge in [0, 0.05) is 12.6 Å². The average Bonchev–Trinajstić information content (AvgIpc) is 2.59. The first-order valence-corrected chi connectivity index (χ1v) is 4.51. The summed E-state index contributed by atoms with van der Waals surface area (Å²) >= 11 is 0. The summed E-state index contributed by atoms with van der Waals surface area (Å²) in [5.41, 5.74) is 1.10. The lowest BCUT2D eigenvalue weighted by Crippen LogP contribution is -2.17. The van der Waals surface area contributed by atoms with E-state index >= 15 is 0 Å². The van der Waals surface area contributed by atoms with E-state index in [1.807, 2.05) is 11.7 Å². The molecule has 0 aliphatic heterocycles. The molecule has 0 radical (unpaired) electrons. The third kappa shape index (κ3) is 1.83. The maximum atomic E-state index is 5.23. The molecule has 1 unspecified atom stereocenters. The van der Waals surface area contributed by atoms with E-state index in [1.54, 1.807) is 13.3 Å². The topological polar surface area (TPSA) is 39.1 Å². The van der Waals surface area contributed by atoms with Crippen molar-refractivity contribution in [3.63, 3.8) is 0 Å². The predicted molar refractivity (Wildman–Crippen MR) is 51.9 cm³/mol. The molecule has 0 aromatic carbocycles. The molecule has 0 aliphatic carbocycles. The highest BCUT2D eigenvalue weighted by atomic mass is 16.5. The molecule has 1 rings (SSSR count). The molecule has 13 heavy (non-hydrogen) atoms. The molecule has 0 aliphatic rings. The zero-order valence-electron chi connectivity index (χ0n) is 8.66. The van der Waals surface area contributed by atoms with Crippen LogP contribution in [0.4, 0.5) is 0 Å². The van der Waals surface area contributed by atoms with Gasteiger partial charge in [-0.2, -0.15) is 5.10 Å². The second-order valence-electron chi connectivity index (χ2n) is 2.92. The van der Waals surface area contributed by atoms with Gasteiger partial charge in [-0.15, -0.1) is 0 Å². The van der Waals surface area contributed by atoms with Crippen molar-refractivity contribution >= 4 is 0 Å². The van der Waals surface area contributed by atoms with Gasteiger partial charge in [-0.05, 0) is 20.9 Å². The van der Waals surface area contributed by atoms with Gasteiger partial charge in [-0.1, -0.05) is 0 Å². The lowest BCUT2D eigenvalue weighted by molar-refractivity contribution is 0.398. The Hall–Kier alpha value is -1.03. The summed E-state index contributed by atoms with van der Waals surface area (Å²) < 4.78 is 7.17. The third-order valence-electron chi connectivity index (χ3n) is 2.21. The largest absolute Gasteiger partial charge is 0.493 e. The Balaban J connectivity index is 3.04. The minimum absolute atomic E-state index is 0.261. The maximum absolute atomic E-state index is 5.23. The summed E-state index contributed by atoms with van der Waals surface area (Å²) in [6.07, 6.45) is 1.76. The van der Waals surface area contributed by atoms with Crippen molar-refractivity contribution in [3.8, 4) is 5.75 Å². The van der Waals surface area contributed by atoms with Crippen molar-refractivity contribution < 1.29 is 4.74 Å². The fourth-order valence-electron chi connectivity index (χ4n) is 1.36. The number of hydrogen-bond acceptors (Lipinski definition) is 3. The van der Waals surface area contributed by atoms with Crippen LogP contribution >= 0.6 is 0 Å². The predicted octanol–water partition coefficient (Wildman–Crippen LogP) is 1.19. The van der Waals surface area contributed by atoms with Crippen molar-refractivity contribution in [1.29, 1.82) is 0 Å². The number of methoxy groups -OCH3 is 1. The Bertz CT molecular complexity index is 248. The van der Waals surface area contributed by atoms with Crippen molar-refractivity contribution in [2.24, 2.45) is 0 Å². The molecule has 0 bridgehead atoms. The molecule has 0 saturated heterocycles. The Morgan fingerprint density at radius 2 is 2.38 bits per heavy atom. The molecular formula is C9H17N3O. The van der Waals surface area contributed by atoms with E-state index in [2.05, 4.69) is 24.3 Å². The number of nitrogens with zero attached hydrogens (tertiary/aromatic N) is 2. The van der Waals surface area contributed by atoms with Crippen LogP contribution in [0.5, 0.6) is 5.75 Å². The minimum Gasteiger partial charge on any atom is -0.493 e. The van der Waals surface area contributed by atoms with Crippen LogP contribution in [0, 0.1) is 0 Å². The fraction of sp³-hybridized carbons (Fsp3) is 0.667. The zero-order chi connectivity index (χ0) is 9.84. The molecule has 0 saturated carbocycles. The standard InChI is InChI=1S/C9H17N3O/c1-5-12-9(7(2)10-3)8(13-4)6-11-12/h6-7,10H,5H2,1-4H3. The quantitative estimate of drug-likeness (QED) is 0.762. The van der Waals surface area contributed by atoms with Crippen LogP contribution in [-0.4, -0.2) is 23.9 Å². The smallest absolute Gasteiger partial charge is 0.161 e. The van der Waals surface area contributed by atoms with Crippen LogP contribution in [0.15, 0.2) is 6.20 Å². The molecule has 1 heterocycles. The van der Waals surface area contributed by atoms with Gasteiger partial charge in [-0.25, -0.2) is 0 Å². The summed E-state index contributed by atoms with van der Waals surface area (Å²) in [5.74, 6) is 0.851. The molecule has 4 nitrogen and oxygen atoms in total. The summed E-state index contributed by atoms with van der Waals surface area (Å²) in [5, 5.41) is 7.40.